The van der Waals surface area contributed by atoms with E-state index in [-0.39, 0.29) is 19.5 Å². The van der Waals surface area contributed by atoms with Crippen LogP contribution in [-0.2, 0) is 19.5 Å². The maximum absolute atomic E-state index is 5.38. The topological polar surface area (TPSA) is 0 Å². The third-order valence-electron chi connectivity index (χ3n) is 1.92. The summed E-state index contributed by atoms with van der Waals surface area (Å²) in [6, 6.07) is 0. The Labute approximate surface area is 84.2 Å². The summed E-state index contributed by atoms with van der Waals surface area (Å²) in [5.74, 6) is 0.740. The molecular weight excluding hydrogens is 185 g/mol. The first-order valence-electron chi connectivity index (χ1n) is 4.19. The van der Waals surface area contributed by atoms with Crippen molar-refractivity contribution in [2.24, 2.45) is 5.92 Å². The smallest absolute Gasteiger partial charge is 0.518 e. The van der Waals surface area contributed by atoms with Crippen molar-refractivity contribution in [3.8, 4) is 0 Å². The molecule has 1 saturated carbocycles. The number of allylic oxidation sites excluding steroid dienone is 1. The van der Waals surface area contributed by atoms with Crippen LogP contribution in [0.3, 0.4) is 0 Å². The molecule has 1 fully saturated rings. The average molecular weight is 204 g/mol. The van der Waals surface area contributed by atoms with Crippen LogP contribution in [0.2, 0.25) is 0 Å². The van der Waals surface area contributed by atoms with Gasteiger partial charge in [-0.1, -0.05) is 25.2 Å². The maximum atomic E-state index is 5.38. The van der Waals surface area contributed by atoms with Gasteiger partial charge in [0.15, 0.2) is 0 Å². The van der Waals surface area contributed by atoms with Crippen molar-refractivity contribution in [2.45, 2.75) is 39.0 Å². The molecule has 0 nitrogen and oxygen atoms in total. The summed E-state index contributed by atoms with van der Waals surface area (Å²) in [6.07, 6.45) is 8.72. The molecule has 0 unspecified atom stereocenters. The van der Waals surface area contributed by atoms with Gasteiger partial charge in [-0.3, -0.25) is 6.08 Å². The molecule has 0 bridgehead atoms. The van der Waals surface area contributed by atoms with Crippen molar-refractivity contribution in [3.05, 3.63) is 19.6 Å². The van der Waals surface area contributed by atoms with Gasteiger partial charge in [0.2, 0.25) is 0 Å². The van der Waals surface area contributed by atoms with Gasteiger partial charge in [0.25, 0.3) is 0 Å². The molecule has 1 aliphatic rings. The minimum Gasteiger partial charge on any atom is -0.518 e. The number of hydrogen-bond acceptors (Lipinski definition) is 0. The zero-order valence-corrected chi connectivity index (χ0v) is 10.6. The van der Waals surface area contributed by atoms with E-state index >= 15 is 0 Å². The molecule has 0 aliphatic heterocycles. The SMILES string of the molecule is [CH-]=CC1CCCCC1.[CH2-]C.[Zn+2]. The summed E-state index contributed by atoms with van der Waals surface area (Å²) in [6.45, 7) is 10.4. The fourth-order valence-electron chi connectivity index (χ4n) is 1.33. The normalized spacial score (nSPS) is 17.3. The van der Waals surface area contributed by atoms with Crippen LogP contribution in [0.1, 0.15) is 39.0 Å². The van der Waals surface area contributed by atoms with Crippen LogP contribution in [0.4, 0.5) is 0 Å². The van der Waals surface area contributed by atoms with Gasteiger partial charge in [-0.15, -0.1) is 0 Å². The van der Waals surface area contributed by atoms with Crippen molar-refractivity contribution < 1.29 is 19.5 Å². The summed E-state index contributed by atoms with van der Waals surface area (Å²) in [5, 5.41) is 0. The second-order valence-electron chi connectivity index (χ2n) is 2.59. The molecule has 0 radical (unpaired) electrons. The second-order valence-corrected chi connectivity index (χ2v) is 2.59. The van der Waals surface area contributed by atoms with E-state index in [1.54, 1.807) is 6.92 Å². The Hall–Kier alpha value is 0.363. The molecule has 0 atom stereocenters. The van der Waals surface area contributed by atoms with Crippen molar-refractivity contribution >= 4 is 0 Å². The van der Waals surface area contributed by atoms with Crippen LogP contribution in [-0.4, -0.2) is 0 Å². The molecule has 0 aromatic carbocycles. The Morgan fingerprint density at radius 1 is 1.18 bits per heavy atom. The van der Waals surface area contributed by atoms with Gasteiger partial charge in [0.05, 0.1) is 0 Å². The second kappa shape index (κ2) is 10.4. The van der Waals surface area contributed by atoms with Gasteiger partial charge in [-0.25, -0.2) is 0 Å². The van der Waals surface area contributed by atoms with Crippen molar-refractivity contribution in [1.29, 1.82) is 0 Å². The first-order valence-corrected chi connectivity index (χ1v) is 4.19. The largest absolute Gasteiger partial charge is 2.00 e. The van der Waals surface area contributed by atoms with E-state index in [9.17, 15) is 0 Å². The summed E-state index contributed by atoms with van der Waals surface area (Å²) in [7, 11) is 0. The van der Waals surface area contributed by atoms with E-state index in [1.165, 1.54) is 32.1 Å². The van der Waals surface area contributed by atoms with Gasteiger partial charge < -0.3 is 13.5 Å². The quantitative estimate of drug-likeness (QED) is 0.453. The monoisotopic (exact) mass is 202 g/mol. The Morgan fingerprint density at radius 2 is 1.64 bits per heavy atom. The van der Waals surface area contributed by atoms with Crippen LogP contribution in [0.25, 0.3) is 0 Å². The first kappa shape index (κ1) is 13.9. The third-order valence-corrected chi connectivity index (χ3v) is 1.92. The molecule has 0 N–H and O–H groups in total. The van der Waals surface area contributed by atoms with Gasteiger partial charge in [0, 0.05) is 0 Å². The van der Waals surface area contributed by atoms with Crippen LogP contribution in [0.15, 0.2) is 6.08 Å². The molecule has 1 aliphatic carbocycles. The molecule has 0 saturated heterocycles. The zero-order valence-electron chi connectivity index (χ0n) is 7.68. The first-order chi connectivity index (χ1) is 4.93. The fourth-order valence-corrected chi connectivity index (χ4v) is 1.33. The van der Waals surface area contributed by atoms with E-state index in [0.717, 1.165) is 5.92 Å². The zero-order chi connectivity index (χ0) is 7.82. The summed E-state index contributed by atoms with van der Waals surface area (Å²) >= 11 is 0. The molecular formula is C10H18Zn. The van der Waals surface area contributed by atoms with E-state index in [1.807, 2.05) is 6.08 Å². The number of rotatable bonds is 1. The molecule has 1 heteroatoms. The predicted molar refractivity (Wildman–Crippen MR) is 46.5 cm³/mol. The Bertz CT molecular complexity index is 72.9. The fraction of sp³-hybridized carbons (Fsp3) is 0.700. The van der Waals surface area contributed by atoms with Crippen molar-refractivity contribution in [1.82, 2.24) is 0 Å². The van der Waals surface area contributed by atoms with Crippen LogP contribution in [0.5, 0.6) is 0 Å². The standard InChI is InChI=1S/C8H13.C2H5.Zn/c1-2-8-6-4-3-5-7-8;1-2;/h1-2,8H,3-7H2;1H2,2H3;/q2*-1;+2. The molecule has 0 aromatic heterocycles. The molecule has 60 valence electrons. The van der Waals surface area contributed by atoms with Crippen LogP contribution >= 0.6 is 0 Å². The molecule has 0 aromatic rings. The Balaban J connectivity index is 0. The van der Waals surface area contributed by atoms with Gasteiger partial charge in [0.1, 0.15) is 0 Å². The van der Waals surface area contributed by atoms with E-state index < -0.39 is 0 Å². The van der Waals surface area contributed by atoms with Gasteiger partial charge in [-0.05, 0) is 12.8 Å². The Kier molecular flexibility index (Phi) is 13.1. The summed E-state index contributed by atoms with van der Waals surface area (Å²) < 4.78 is 0. The molecule has 11 heavy (non-hydrogen) atoms. The predicted octanol–water partition coefficient (Wildman–Crippen LogP) is 3.39. The van der Waals surface area contributed by atoms with Crippen LogP contribution in [0, 0.1) is 19.4 Å². The molecule has 0 heterocycles. The maximum Gasteiger partial charge on any atom is 2.00 e. The average Bonchev–Trinajstić information content (AvgIpc) is 2.10. The van der Waals surface area contributed by atoms with E-state index in [4.69, 9.17) is 6.58 Å². The summed E-state index contributed by atoms with van der Waals surface area (Å²) in [5.41, 5.74) is 0. The number of hydrogen-bond donors (Lipinski definition) is 0. The third kappa shape index (κ3) is 6.75. The van der Waals surface area contributed by atoms with Gasteiger partial charge in [-0.2, -0.15) is 6.92 Å². The Morgan fingerprint density at radius 3 is 1.91 bits per heavy atom. The van der Waals surface area contributed by atoms with Crippen LogP contribution < -0.4 is 0 Å². The summed E-state index contributed by atoms with van der Waals surface area (Å²) in [4.78, 5) is 0. The minimum absolute atomic E-state index is 0. The van der Waals surface area contributed by atoms with Gasteiger partial charge >= 0.3 is 19.5 Å². The van der Waals surface area contributed by atoms with Crippen molar-refractivity contribution in [2.75, 3.05) is 0 Å². The van der Waals surface area contributed by atoms with Crippen molar-refractivity contribution in [3.63, 3.8) is 0 Å². The molecule has 0 amide bonds. The molecule has 0 spiro atoms. The van der Waals surface area contributed by atoms with E-state index in [2.05, 4.69) is 6.92 Å². The van der Waals surface area contributed by atoms with E-state index in [0.29, 0.717) is 0 Å². The minimum atomic E-state index is 0. The molecule has 1 rings (SSSR count).